The van der Waals surface area contributed by atoms with E-state index in [1.165, 1.54) is 38.5 Å². The van der Waals surface area contributed by atoms with Crippen LogP contribution >= 0.6 is 0 Å². The summed E-state index contributed by atoms with van der Waals surface area (Å²) in [5.74, 6) is 2.73. The van der Waals surface area contributed by atoms with Crippen molar-refractivity contribution in [2.75, 3.05) is 6.61 Å². The maximum Gasteiger partial charge on any atom is 0.0834 e. The van der Waals surface area contributed by atoms with Gasteiger partial charge in [0.15, 0.2) is 0 Å². The highest BCUT2D eigenvalue weighted by molar-refractivity contribution is 4.91. The van der Waals surface area contributed by atoms with Crippen LogP contribution < -0.4 is 0 Å². The lowest BCUT2D eigenvalue weighted by Crippen LogP contribution is -2.34. The minimum atomic E-state index is -0.190. The van der Waals surface area contributed by atoms with Gasteiger partial charge in [-0.15, -0.1) is 0 Å². The summed E-state index contributed by atoms with van der Waals surface area (Å²) in [7, 11) is 0. The van der Waals surface area contributed by atoms with Crippen molar-refractivity contribution >= 4 is 0 Å². The highest BCUT2D eigenvalue weighted by Gasteiger charge is 2.40. The Morgan fingerprint density at radius 2 is 2.06 bits per heavy atom. The van der Waals surface area contributed by atoms with Crippen molar-refractivity contribution in [3.63, 3.8) is 0 Å². The second-order valence-corrected chi connectivity index (χ2v) is 6.14. The van der Waals surface area contributed by atoms with Gasteiger partial charge >= 0.3 is 0 Å². The first kappa shape index (κ1) is 11.0. The predicted molar refractivity (Wildman–Crippen MR) is 63.2 cm³/mol. The van der Waals surface area contributed by atoms with Gasteiger partial charge in [-0.1, -0.05) is 6.42 Å². The summed E-state index contributed by atoms with van der Waals surface area (Å²) in [4.78, 5) is 0. The number of aliphatic hydroxyl groups excluding tert-OH is 1. The monoisotopic (exact) mass is 224 g/mol. The summed E-state index contributed by atoms with van der Waals surface area (Å²) in [6.07, 6.45) is 10.2. The zero-order valence-corrected chi connectivity index (χ0v) is 10.1. The van der Waals surface area contributed by atoms with Crippen LogP contribution in [-0.4, -0.2) is 23.9 Å². The van der Waals surface area contributed by atoms with E-state index in [1.54, 1.807) is 0 Å². The number of aliphatic hydroxyl groups is 1. The minimum absolute atomic E-state index is 0.146. The number of hydrogen-bond acceptors (Lipinski definition) is 2. The zero-order valence-electron chi connectivity index (χ0n) is 10.1. The van der Waals surface area contributed by atoms with Crippen LogP contribution in [0.5, 0.6) is 0 Å². The van der Waals surface area contributed by atoms with Crippen molar-refractivity contribution in [1.82, 2.24) is 0 Å². The average molecular weight is 224 g/mol. The molecule has 0 spiro atoms. The van der Waals surface area contributed by atoms with Crippen LogP contribution in [-0.2, 0) is 4.74 Å². The van der Waals surface area contributed by atoms with Crippen LogP contribution in [0.4, 0.5) is 0 Å². The molecule has 0 aromatic heterocycles. The number of ether oxygens (including phenoxy) is 1. The molecule has 2 nitrogen and oxygen atoms in total. The molecular weight excluding hydrogens is 200 g/mol. The van der Waals surface area contributed by atoms with Gasteiger partial charge in [-0.3, -0.25) is 0 Å². The minimum Gasteiger partial charge on any atom is -0.390 e. The van der Waals surface area contributed by atoms with Gasteiger partial charge in [0.05, 0.1) is 12.2 Å². The number of fused-ring (bicyclic) bond motifs is 2. The molecule has 3 rings (SSSR count). The van der Waals surface area contributed by atoms with E-state index in [0.717, 1.165) is 37.2 Å². The lowest BCUT2D eigenvalue weighted by Gasteiger charge is -2.31. The fraction of sp³-hybridized carbons (Fsp3) is 1.00. The molecule has 2 aliphatic carbocycles. The van der Waals surface area contributed by atoms with Crippen molar-refractivity contribution < 1.29 is 9.84 Å². The van der Waals surface area contributed by atoms with E-state index in [0.29, 0.717) is 0 Å². The van der Waals surface area contributed by atoms with Crippen molar-refractivity contribution in [3.05, 3.63) is 0 Å². The molecule has 5 unspecified atom stereocenters. The second-order valence-electron chi connectivity index (χ2n) is 6.14. The Hall–Kier alpha value is -0.0800. The standard InChI is InChI=1S/C14H24O2/c15-13(14-3-1-2-6-16-14)9-12-8-10-4-5-11(12)7-10/h10-15H,1-9H2. The largest absolute Gasteiger partial charge is 0.390 e. The molecule has 2 saturated carbocycles. The van der Waals surface area contributed by atoms with E-state index in [-0.39, 0.29) is 12.2 Å². The van der Waals surface area contributed by atoms with E-state index in [9.17, 15) is 5.11 Å². The SMILES string of the molecule is OC(CC1CC2CCC1C2)C1CCCCO1. The van der Waals surface area contributed by atoms with Crippen LogP contribution in [0.1, 0.15) is 51.4 Å². The molecule has 0 aromatic rings. The fourth-order valence-electron chi connectivity index (χ4n) is 4.20. The summed E-state index contributed by atoms with van der Waals surface area (Å²) in [5, 5.41) is 10.2. The average Bonchev–Trinajstić information content (AvgIpc) is 2.92. The molecule has 1 heterocycles. The van der Waals surface area contributed by atoms with Gasteiger partial charge in [-0.2, -0.15) is 0 Å². The van der Waals surface area contributed by atoms with Gasteiger partial charge in [0, 0.05) is 6.61 Å². The Morgan fingerprint density at radius 1 is 1.12 bits per heavy atom. The van der Waals surface area contributed by atoms with Crippen molar-refractivity contribution in [2.45, 2.75) is 63.6 Å². The van der Waals surface area contributed by atoms with Crippen LogP contribution in [0.25, 0.3) is 0 Å². The van der Waals surface area contributed by atoms with Gasteiger partial charge in [0.2, 0.25) is 0 Å². The van der Waals surface area contributed by atoms with Crippen molar-refractivity contribution in [1.29, 1.82) is 0 Å². The summed E-state index contributed by atoms with van der Waals surface area (Å²) >= 11 is 0. The molecule has 0 radical (unpaired) electrons. The van der Waals surface area contributed by atoms with Gasteiger partial charge in [0.25, 0.3) is 0 Å². The highest BCUT2D eigenvalue weighted by Crippen LogP contribution is 2.50. The number of rotatable bonds is 3. The first-order valence-corrected chi connectivity index (χ1v) is 7.12. The molecule has 16 heavy (non-hydrogen) atoms. The quantitative estimate of drug-likeness (QED) is 0.798. The normalized spacial score (nSPS) is 44.8. The van der Waals surface area contributed by atoms with E-state index in [4.69, 9.17) is 4.74 Å². The number of hydrogen-bond donors (Lipinski definition) is 1. The Balaban J connectivity index is 1.50. The Morgan fingerprint density at radius 3 is 2.69 bits per heavy atom. The van der Waals surface area contributed by atoms with Gasteiger partial charge < -0.3 is 9.84 Å². The van der Waals surface area contributed by atoms with E-state index in [2.05, 4.69) is 0 Å². The molecule has 0 aromatic carbocycles. The Bertz CT molecular complexity index is 235. The molecule has 1 aliphatic heterocycles. The third-order valence-electron chi connectivity index (χ3n) is 5.07. The van der Waals surface area contributed by atoms with E-state index in [1.807, 2.05) is 0 Å². The fourth-order valence-corrected chi connectivity index (χ4v) is 4.20. The maximum absolute atomic E-state index is 10.2. The lowest BCUT2D eigenvalue weighted by molar-refractivity contribution is -0.0713. The molecule has 1 saturated heterocycles. The van der Waals surface area contributed by atoms with Crippen LogP contribution in [0.15, 0.2) is 0 Å². The smallest absolute Gasteiger partial charge is 0.0834 e. The van der Waals surface area contributed by atoms with Gasteiger partial charge in [-0.25, -0.2) is 0 Å². The first-order valence-electron chi connectivity index (χ1n) is 7.12. The third-order valence-corrected chi connectivity index (χ3v) is 5.07. The third kappa shape index (κ3) is 2.14. The Labute approximate surface area is 98.4 Å². The van der Waals surface area contributed by atoms with E-state index >= 15 is 0 Å². The lowest BCUT2D eigenvalue weighted by atomic mass is 9.83. The van der Waals surface area contributed by atoms with Crippen LogP contribution in [0, 0.1) is 17.8 Å². The van der Waals surface area contributed by atoms with Gasteiger partial charge in [0.1, 0.15) is 0 Å². The van der Waals surface area contributed by atoms with Crippen LogP contribution in [0.3, 0.4) is 0 Å². The molecule has 5 atom stereocenters. The molecule has 2 bridgehead atoms. The van der Waals surface area contributed by atoms with Crippen molar-refractivity contribution in [2.24, 2.45) is 17.8 Å². The summed E-state index contributed by atoms with van der Waals surface area (Å²) < 4.78 is 5.68. The summed E-state index contributed by atoms with van der Waals surface area (Å²) in [6.45, 7) is 0.860. The van der Waals surface area contributed by atoms with E-state index < -0.39 is 0 Å². The predicted octanol–water partition coefficient (Wildman–Crippen LogP) is 2.74. The molecule has 1 N–H and O–H groups in total. The van der Waals surface area contributed by atoms with Gasteiger partial charge in [-0.05, 0) is 62.7 Å². The summed E-state index contributed by atoms with van der Waals surface area (Å²) in [5.41, 5.74) is 0. The maximum atomic E-state index is 10.2. The first-order chi connectivity index (χ1) is 7.83. The molecular formula is C14H24O2. The summed E-state index contributed by atoms with van der Waals surface area (Å²) in [6, 6.07) is 0. The van der Waals surface area contributed by atoms with Crippen LogP contribution in [0.2, 0.25) is 0 Å². The molecule has 0 amide bonds. The highest BCUT2D eigenvalue weighted by atomic mass is 16.5. The zero-order chi connectivity index (χ0) is 11.0. The molecule has 2 heteroatoms. The molecule has 3 aliphatic rings. The molecule has 92 valence electrons. The molecule has 3 fully saturated rings. The topological polar surface area (TPSA) is 29.5 Å². The Kier molecular flexibility index (Phi) is 3.21. The second kappa shape index (κ2) is 4.66. The van der Waals surface area contributed by atoms with Crippen molar-refractivity contribution in [3.8, 4) is 0 Å².